The smallest absolute Gasteiger partial charge is 0.339 e. The highest BCUT2D eigenvalue weighted by Gasteiger charge is 2.92. The van der Waals surface area contributed by atoms with Crippen molar-refractivity contribution >= 4 is 17.7 Å². The van der Waals surface area contributed by atoms with Crippen LogP contribution in [0.2, 0.25) is 0 Å². The molecule has 2 saturated carbocycles. The van der Waals surface area contributed by atoms with Gasteiger partial charge >= 0.3 is 11.9 Å². The van der Waals surface area contributed by atoms with Gasteiger partial charge < -0.3 is 33.6 Å². The summed E-state index contributed by atoms with van der Waals surface area (Å²) >= 11 is 0. The normalized spacial score (nSPS) is 54.3. The summed E-state index contributed by atoms with van der Waals surface area (Å²) in [4.78, 5) is 39.6. The number of esters is 2. The molecule has 4 aliphatic heterocycles. The number of carbonyl (C=O) groups excluding carboxylic acids is 3. The molecule has 0 bridgehead atoms. The number of ether oxygens (including phenoxy) is 4. The summed E-state index contributed by atoms with van der Waals surface area (Å²) in [7, 11) is 0. The van der Waals surface area contributed by atoms with Crippen LogP contribution in [0.1, 0.15) is 52.2 Å². The van der Waals surface area contributed by atoms with Gasteiger partial charge in [0.2, 0.25) is 0 Å². The molecule has 1 aromatic heterocycles. The Labute approximate surface area is 207 Å². The van der Waals surface area contributed by atoms with E-state index < -0.39 is 87.5 Å². The lowest BCUT2D eigenvalue weighted by molar-refractivity contribution is -0.276. The van der Waals surface area contributed by atoms with E-state index in [9.17, 15) is 24.6 Å². The van der Waals surface area contributed by atoms with Crippen LogP contribution in [0, 0.1) is 28.1 Å². The van der Waals surface area contributed by atoms with E-state index in [0.29, 0.717) is 5.56 Å². The fourth-order valence-electron chi connectivity index (χ4n) is 9.45. The molecule has 2 spiro atoms. The van der Waals surface area contributed by atoms with Gasteiger partial charge in [-0.25, -0.2) is 4.79 Å². The Bertz CT molecular complexity index is 1190. The van der Waals surface area contributed by atoms with Gasteiger partial charge in [-0.05, 0) is 32.3 Å². The van der Waals surface area contributed by atoms with Crippen LogP contribution in [0.5, 0.6) is 0 Å². The van der Waals surface area contributed by atoms with Gasteiger partial charge in [0.05, 0.1) is 48.1 Å². The van der Waals surface area contributed by atoms with E-state index in [1.165, 1.54) is 12.5 Å². The Morgan fingerprint density at radius 1 is 1.00 bits per heavy atom. The van der Waals surface area contributed by atoms with Crippen LogP contribution in [0.25, 0.3) is 0 Å². The first-order valence-corrected chi connectivity index (χ1v) is 12.5. The molecule has 194 valence electrons. The Hall–Kier alpha value is -2.27. The molecule has 4 saturated heterocycles. The van der Waals surface area contributed by atoms with Gasteiger partial charge in [-0.15, -0.1) is 0 Å². The molecule has 0 aromatic carbocycles. The Morgan fingerprint density at radius 2 is 1.75 bits per heavy atom. The van der Waals surface area contributed by atoms with Crippen LogP contribution in [-0.2, 0) is 33.3 Å². The number of hydrogen-bond acceptors (Lipinski definition) is 10. The summed E-state index contributed by atoms with van der Waals surface area (Å²) in [6.45, 7) is 7.08. The lowest BCUT2D eigenvalue weighted by atomic mass is 9.36. The minimum atomic E-state index is -1.50. The van der Waals surface area contributed by atoms with Crippen molar-refractivity contribution in [1.82, 2.24) is 0 Å². The fraction of sp³-hybridized carbons (Fsp3) is 0.731. The molecule has 7 rings (SSSR count). The maximum absolute atomic E-state index is 14.1. The first-order valence-electron chi connectivity index (χ1n) is 12.5. The molecule has 6 fully saturated rings. The third-order valence-electron chi connectivity index (χ3n) is 10.8. The average Bonchev–Trinajstić information content (AvgIpc) is 3.28. The molecule has 6 aliphatic rings. The zero-order valence-electron chi connectivity index (χ0n) is 20.6. The van der Waals surface area contributed by atoms with Gasteiger partial charge in [0.15, 0.2) is 11.9 Å². The van der Waals surface area contributed by atoms with Crippen molar-refractivity contribution in [1.29, 1.82) is 0 Å². The fourth-order valence-corrected chi connectivity index (χ4v) is 9.45. The van der Waals surface area contributed by atoms with E-state index in [2.05, 4.69) is 0 Å². The molecule has 11 atom stereocenters. The number of furan rings is 1. The number of fused-ring (bicyclic) bond motifs is 1. The first-order chi connectivity index (χ1) is 16.9. The number of ketones is 1. The van der Waals surface area contributed by atoms with Gasteiger partial charge in [0, 0.05) is 16.4 Å². The maximum Gasteiger partial charge on any atom is 0.339 e. The van der Waals surface area contributed by atoms with Crippen molar-refractivity contribution in [2.45, 2.75) is 82.3 Å². The van der Waals surface area contributed by atoms with E-state index in [1.807, 2.05) is 0 Å². The summed E-state index contributed by atoms with van der Waals surface area (Å²) in [6, 6.07) is 1.67. The number of cyclic esters (lactones) is 2. The molecule has 36 heavy (non-hydrogen) atoms. The highest BCUT2D eigenvalue weighted by molar-refractivity contribution is 5.92. The minimum absolute atomic E-state index is 0.0276. The summed E-state index contributed by atoms with van der Waals surface area (Å²) < 4.78 is 29.3. The van der Waals surface area contributed by atoms with Crippen LogP contribution in [0.15, 0.2) is 23.0 Å². The SMILES string of the molecule is CC1(C)O[C@@H]2CC(=O)OC[C@@]23[C@@H]1C(=O)[C@H](O)[C@]1(C)[C@@H]3C[C@H](O)[C@@]2(C)[C@H](c3ccoc3)OC(=O)[C@H]3O[C@@]312. The molecule has 5 heterocycles. The van der Waals surface area contributed by atoms with Crippen molar-refractivity contribution < 1.29 is 48.0 Å². The zero-order valence-corrected chi connectivity index (χ0v) is 20.6. The average molecular weight is 503 g/mol. The van der Waals surface area contributed by atoms with Gasteiger partial charge in [-0.3, -0.25) is 9.59 Å². The van der Waals surface area contributed by atoms with E-state index in [-0.39, 0.29) is 19.4 Å². The second-order valence-corrected chi connectivity index (χ2v) is 12.4. The van der Waals surface area contributed by atoms with Crippen LogP contribution < -0.4 is 0 Å². The molecule has 0 radical (unpaired) electrons. The van der Waals surface area contributed by atoms with Crippen LogP contribution >= 0.6 is 0 Å². The predicted octanol–water partition coefficient (Wildman–Crippen LogP) is 1.08. The molecular formula is C26H30O10. The molecule has 0 unspecified atom stereocenters. The number of Topliss-reactive ketones (excluding diaryl/α,β-unsaturated/α-hetero) is 1. The Balaban J connectivity index is 1.46. The molecule has 1 aromatic rings. The van der Waals surface area contributed by atoms with Crippen molar-refractivity contribution in [2.75, 3.05) is 6.61 Å². The third-order valence-corrected chi connectivity index (χ3v) is 10.8. The number of rotatable bonds is 1. The van der Waals surface area contributed by atoms with Crippen LogP contribution in [0.3, 0.4) is 0 Å². The summed E-state index contributed by atoms with van der Waals surface area (Å²) in [5.41, 5.74) is -5.28. The molecule has 10 heteroatoms. The molecule has 0 amide bonds. The van der Waals surface area contributed by atoms with Crippen molar-refractivity contribution in [3.8, 4) is 0 Å². The van der Waals surface area contributed by atoms with E-state index in [4.69, 9.17) is 23.4 Å². The van der Waals surface area contributed by atoms with E-state index in [1.54, 1.807) is 33.8 Å². The highest BCUT2D eigenvalue weighted by atomic mass is 16.7. The van der Waals surface area contributed by atoms with Gasteiger partial charge in [0.25, 0.3) is 0 Å². The Morgan fingerprint density at radius 3 is 2.44 bits per heavy atom. The van der Waals surface area contributed by atoms with Crippen molar-refractivity contribution in [3.63, 3.8) is 0 Å². The molecule has 10 nitrogen and oxygen atoms in total. The summed E-state index contributed by atoms with van der Waals surface area (Å²) in [5, 5.41) is 23.7. The largest absolute Gasteiger partial charge is 0.472 e. The highest BCUT2D eigenvalue weighted by Crippen LogP contribution is 2.80. The van der Waals surface area contributed by atoms with Crippen molar-refractivity contribution in [3.05, 3.63) is 24.2 Å². The molecular weight excluding hydrogens is 472 g/mol. The minimum Gasteiger partial charge on any atom is -0.472 e. The quantitative estimate of drug-likeness (QED) is 0.423. The summed E-state index contributed by atoms with van der Waals surface area (Å²) in [6.07, 6.45) is -2.07. The van der Waals surface area contributed by atoms with Gasteiger partial charge in [-0.1, -0.05) is 13.8 Å². The second-order valence-electron chi connectivity index (χ2n) is 12.4. The maximum atomic E-state index is 14.1. The van der Waals surface area contributed by atoms with Gasteiger partial charge in [0.1, 0.15) is 24.4 Å². The second kappa shape index (κ2) is 6.40. The lowest BCUT2D eigenvalue weighted by Crippen LogP contribution is -2.78. The van der Waals surface area contributed by atoms with Crippen molar-refractivity contribution in [2.24, 2.45) is 28.1 Å². The molecule has 2 aliphatic carbocycles. The first kappa shape index (κ1) is 22.9. The number of carbonyl (C=O) groups is 3. The lowest BCUT2D eigenvalue weighted by Gasteiger charge is -2.67. The number of aliphatic hydroxyl groups excluding tert-OH is 2. The Kier molecular flexibility index (Phi) is 4.07. The number of aliphatic hydroxyl groups is 2. The third kappa shape index (κ3) is 2.13. The number of hydrogen-bond donors (Lipinski definition) is 2. The zero-order chi connectivity index (χ0) is 25.6. The predicted molar refractivity (Wildman–Crippen MR) is 117 cm³/mol. The van der Waals surface area contributed by atoms with Gasteiger partial charge in [-0.2, -0.15) is 0 Å². The van der Waals surface area contributed by atoms with E-state index in [0.717, 1.165) is 0 Å². The monoisotopic (exact) mass is 502 g/mol. The summed E-state index contributed by atoms with van der Waals surface area (Å²) in [5.74, 6) is -2.75. The number of epoxide rings is 1. The van der Waals surface area contributed by atoms with E-state index >= 15 is 0 Å². The van der Waals surface area contributed by atoms with Crippen LogP contribution in [0.4, 0.5) is 0 Å². The topological polar surface area (TPSA) is 145 Å². The molecule has 2 N–H and O–H groups in total. The van der Waals surface area contributed by atoms with Crippen LogP contribution in [-0.4, -0.2) is 70.2 Å². The standard InChI is InChI=1S/C26H30O10/c1-22(2)17-16(29)18(30)23(3)12(25(17)10-33-15(28)8-14(25)35-22)7-13(27)24(4)19(11-5-6-32-9-11)34-21(31)20-26(23,24)36-20/h5-6,9,12-14,17-20,27,30H,7-8,10H2,1-4H3/t12-,13-,14+,17+,18-,19-,20+,23-,24-,25-,26-/m0/s1.